The normalized spacial score (nSPS) is 19.2. The number of carbonyl (C=O) groups excluding carboxylic acids is 1. The molecule has 154 valence electrons. The molecule has 0 aliphatic carbocycles. The van der Waals surface area contributed by atoms with Crippen LogP contribution in [-0.4, -0.2) is 80.3 Å². The van der Waals surface area contributed by atoms with E-state index in [1.165, 1.54) is 8.61 Å². The molecular weight excluding hydrogens is 390 g/mol. The van der Waals surface area contributed by atoms with Gasteiger partial charge < -0.3 is 9.64 Å². The van der Waals surface area contributed by atoms with Gasteiger partial charge in [0, 0.05) is 44.8 Å². The van der Waals surface area contributed by atoms with Gasteiger partial charge in [0.2, 0.25) is 0 Å². The maximum Gasteiger partial charge on any atom is 0.282 e. The molecule has 8 heteroatoms. The summed E-state index contributed by atoms with van der Waals surface area (Å²) in [4.78, 5) is 14.6. The minimum absolute atomic E-state index is 0.0620. The molecule has 0 unspecified atom stereocenters. The minimum atomic E-state index is -3.49. The summed E-state index contributed by atoms with van der Waals surface area (Å²) in [6, 6.07) is 17.6. The molecule has 29 heavy (non-hydrogen) atoms. The molecule has 4 rings (SSSR count). The summed E-state index contributed by atoms with van der Waals surface area (Å²) in [5, 5.41) is 0. The Morgan fingerprint density at radius 2 is 1.28 bits per heavy atom. The first kappa shape index (κ1) is 20.0. The Bertz CT molecular complexity index is 934. The van der Waals surface area contributed by atoms with Crippen LogP contribution in [0.25, 0.3) is 11.1 Å². The van der Waals surface area contributed by atoms with Gasteiger partial charge in [-0.2, -0.15) is 17.0 Å². The summed E-state index contributed by atoms with van der Waals surface area (Å²) in [7, 11) is -3.49. The second-order valence-corrected chi connectivity index (χ2v) is 9.08. The van der Waals surface area contributed by atoms with Crippen molar-refractivity contribution < 1.29 is 17.9 Å². The topological polar surface area (TPSA) is 70.2 Å². The number of ether oxygens (including phenoxy) is 1. The molecule has 7 nitrogen and oxygen atoms in total. The van der Waals surface area contributed by atoms with Crippen LogP contribution in [-0.2, 0) is 14.9 Å². The molecule has 1 amide bonds. The first-order chi connectivity index (χ1) is 14.1. The molecule has 0 radical (unpaired) electrons. The van der Waals surface area contributed by atoms with Gasteiger partial charge >= 0.3 is 0 Å². The van der Waals surface area contributed by atoms with Crippen LogP contribution in [0.2, 0.25) is 0 Å². The van der Waals surface area contributed by atoms with E-state index in [4.69, 9.17) is 4.74 Å². The van der Waals surface area contributed by atoms with Gasteiger partial charge in [0.15, 0.2) is 0 Å². The average molecular weight is 416 g/mol. The average Bonchev–Trinajstić information content (AvgIpc) is 2.80. The predicted molar refractivity (Wildman–Crippen MR) is 111 cm³/mol. The van der Waals surface area contributed by atoms with Crippen LogP contribution in [0.4, 0.5) is 0 Å². The maximum atomic E-state index is 12.8. The Kier molecular flexibility index (Phi) is 5.96. The summed E-state index contributed by atoms with van der Waals surface area (Å²) in [5.74, 6) is -0.0620. The summed E-state index contributed by atoms with van der Waals surface area (Å²) in [5.41, 5.74) is 2.78. The van der Waals surface area contributed by atoms with Gasteiger partial charge in [-0.3, -0.25) is 4.79 Å². The third-order valence-corrected chi connectivity index (χ3v) is 7.42. The van der Waals surface area contributed by atoms with Gasteiger partial charge in [0.1, 0.15) is 0 Å². The highest BCUT2D eigenvalue weighted by molar-refractivity contribution is 7.86. The van der Waals surface area contributed by atoms with Crippen molar-refractivity contribution in [1.82, 2.24) is 13.5 Å². The van der Waals surface area contributed by atoms with Crippen LogP contribution in [0.15, 0.2) is 54.6 Å². The van der Waals surface area contributed by atoms with Gasteiger partial charge in [-0.05, 0) is 23.3 Å². The lowest BCUT2D eigenvalue weighted by Crippen LogP contribution is -2.55. The number of rotatable bonds is 4. The number of piperazine rings is 1. The predicted octanol–water partition coefficient (Wildman–Crippen LogP) is 1.69. The molecule has 2 aliphatic heterocycles. The summed E-state index contributed by atoms with van der Waals surface area (Å²) >= 11 is 0. The Labute approximate surface area is 171 Å². The number of nitrogens with zero attached hydrogens (tertiary/aromatic N) is 3. The maximum absolute atomic E-state index is 12.8. The van der Waals surface area contributed by atoms with E-state index in [-0.39, 0.29) is 5.91 Å². The van der Waals surface area contributed by atoms with E-state index in [1.54, 1.807) is 4.90 Å². The van der Waals surface area contributed by atoms with Crippen LogP contribution < -0.4 is 0 Å². The smallest absolute Gasteiger partial charge is 0.282 e. The lowest BCUT2D eigenvalue weighted by Gasteiger charge is -2.37. The second kappa shape index (κ2) is 8.62. The number of hydrogen-bond donors (Lipinski definition) is 0. The molecule has 0 atom stereocenters. The van der Waals surface area contributed by atoms with Crippen molar-refractivity contribution >= 4 is 16.1 Å². The number of carbonyl (C=O) groups is 1. The zero-order valence-corrected chi connectivity index (χ0v) is 17.1. The molecule has 2 saturated heterocycles. The summed E-state index contributed by atoms with van der Waals surface area (Å²) < 4.78 is 33.7. The largest absolute Gasteiger partial charge is 0.379 e. The fourth-order valence-electron chi connectivity index (χ4n) is 3.68. The second-order valence-electron chi connectivity index (χ2n) is 7.15. The van der Waals surface area contributed by atoms with E-state index in [0.717, 1.165) is 11.1 Å². The van der Waals surface area contributed by atoms with Crippen LogP contribution >= 0.6 is 0 Å². The SMILES string of the molecule is O=C(c1ccc(-c2ccccc2)cc1)N1CCN(S(=O)(=O)N2CCOCC2)CC1. The van der Waals surface area contributed by atoms with Gasteiger partial charge in [-0.15, -0.1) is 0 Å². The molecule has 2 aliphatic rings. The Hall–Kier alpha value is -2.26. The van der Waals surface area contributed by atoms with Crippen LogP contribution in [0.3, 0.4) is 0 Å². The fraction of sp³-hybridized carbons (Fsp3) is 0.381. The molecule has 0 N–H and O–H groups in total. The van der Waals surface area contributed by atoms with Crippen molar-refractivity contribution in [3.05, 3.63) is 60.2 Å². The van der Waals surface area contributed by atoms with Gasteiger partial charge in [0.25, 0.3) is 16.1 Å². The van der Waals surface area contributed by atoms with Crippen molar-refractivity contribution in [2.45, 2.75) is 0 Å². The number of benzene rings is 2. The third-order valence-electron chi connectivity index (χ3n) is 5.39. The Morgan fingerprint density at radius 1 is 0.724 bits per heavy atom. The number of amides is 1. The highest BCUT2D eigenvalue weighted by Gasteiger charge is 2.34. The molecular formula is C21H25N3O4S. The standard InChI is InChI=1S/C21H25N3O4S/c25-21(20-8-6-19(7-9-20)18-4-2-1-3-5-18)22-10-12-23(13-11-22)29(26,27)24-14-16-28-17-15-24/h1-9H,10-17H2. The van der Waals surface area contributed by atoms with Crippen molar-refractivity contribution in [1.29, 1.82) is 0 Å². The van der Waals surface area contributed by atoms with E-state index in [1.807, 2.05) is 54.6 Å². The van der Waals surface area contributed by atoms with Crippen LogP contribution in [0, 0.1) is 0 Å². The van der Waals surface area contributed by atoms with E-state index < -0.39 is 10.2 Å². The molecule has 2 heterocycles. The zero-order valence-electron chi connectivity index (χ0n) is 16.2. The van der Waals surface area contributed by atoms with E-state index in [2.05, 4.69) is 0 Å². The lowest BCUT2D eigenvalue weighted by atomic mass is 10.0. The quantitative estimate of drug-likeness (QED) is 0.762. The third kappa shape index (κ3) is 4.35. The molecule has 0 spiro atoms. The molecule has 2 aromatic carbocycles. The summed E-state index contributed by atoms with van der Waals surface area (Å²) in [6.45, 7) is 3.03. The first-order valence-corrected chi connectivity index (χ1v) is 11.2. The zero-order chi connectivity index (χ0) is 20.3. The number of morpholine rings is 1. The van der Waals surface area contributed by atoms with Crippen LogP contribution in [0.1, 0.15) is 10.4 Å². The lowest BCUT2D eigenvalue weighted by molar-refractivity contribution is 0.0636. The molecule has 0 saturated carbocycles. The van der Waals surface area contributed by atoms with Gasteiger partial charge in [0.05, 0.1) is 13.2 Å². The molecule has 2 aromatic rings. The highest BCUT2D eigenvalue weighted by Crippen LogP contribution is 2.21. The molecule has 0 aromatic heterocycles. The van der Waals surface area contributed by atoms with Crippen molar-refractivity contribution in [3.8, 4) is 11.1 Å². The molecule has 2 fully saturated rings. The highest BCUT2D eigenvalue weighted by atomic mass is 32.2. The van der Waals surface area contributed by atoms with Gasteiger partial charge in [-0.1, -0.05) is 42.5 Å². The monoisotopic (exact) mass is 415 g/mol. The summed E-state index contributed by atoms with van der Waals surface area (Å²) in [6.07, 6.45) is 0. The van der Waals surface area contributed by atoms with Crippen LogP contribution in [0.5, 0.6) is 0 Å². The van der Waals surface area contributed by atoms with E-state index in [9.17, 15) is 13.2 Å². The Morgan fingerprint density at radius 3 is 1.90 bits per heavy atom. The molecule has 0 bridgehead atoms. The first-order valence-electron chi connectivity index (χ1n) is 9.83. The van der Waals surface area contributed by atoms with Crippen molar-refractivity contribution in [2.75, 3.05) is 52.5 Å². The van der Waals surface area contributed by atoms with E-state index >= 15 is 0 Å². The minimum Gasteiger partial charge on any atom is -0.379 e. The van der Waals surface area contributed by atoms with Gasteiger partial charge in [-0.25, -0.2) is 0 Å². The van der Waals surface area contributed by atoms with Crippen molar-refractivity contribution in [2.24, 2.45) is 0 Å². The Balaban J connectivity index is 1.37. The van der Waals surface area contributed by atoms with Crippen molar-refractivity contribution in [3.63, 3.8) is 0 Å². The fourth-order valence-corrected chi connectivity index (χ4v) is 5.24. The number of hydrogen-bond acceptors (Lipinski definition) is 4. The van der Waals surface area contributed by atoms with E-state index in [0.29, 0.717) is 58.0 Å².